The van der Waals surface area contributed by atoms with E-state index in [9.17, 15) is 13.6 Å². The number of fused-ring (bicyclic) bond motifs is 1. The lowest BCUT2D eigenvalue weighted by molar-refractivity contribution is -0.133. The van der Waals surface area contributed by atoms with Gasteiger partial charge < -0.3 is 9.67 Å². The topological polar surface area (TPSA) is 55.1 Å². The molecule has 0 amide bonds. The summed E-state index contributed by atoms with van der Waals surface area (Å²) in [7, 11) is 0. The van der Waals surface area contributed by atoms with E-state index < -0.39 is 17.6 Å². The SMILES string of the molecule is CC1(Cn2c(SCC(=O)O)nc3c(F)cc(F)cc32)CC1. The summed E-state index contributed by atoms with van der Waals surface area (Å²) in [4.78, 5) is 14.9. The van der Waals surface area contributed by atoms with Gasteiger partial charge in [0.15, 0.2) is 11.0 Å². The Morgan fingerprint density at radius 1 is 1.48 bits per heavy atom. The summed E-state index contributed by atoms with van der Waals surface area (Å²) in [6.45, 7) is 2.69. The van der Waals surface area contributed by atoms with Crippen LogP contribution in [0.3, 0.4) is 0 Å². The van der Waals surface area contributed by atoms with Gasteiger partial charge in [0.2, 0.25) is 0 Å². The maximum Gasteiger partial charge on any atom is 0.313 e. The highest BCUT2D eigenvalue weighted by Crippen LogP contribution is 2.47. The van der Waals surface area contributed by atoms with Crippen LogP contribution in [-0.4, -0.2) is 26.4 Å². The molecule has 2 aromatic rings. The van der Waals surface area contributed by atoms with Crippen LogP contribution in [0.5, 0.6) is 0 Å². The molecular weight excluding hydrogens is 298 g/mol. The van der Waals surface area contributed by atoms with Crippen molar-refractivity contribution in [3.63, 3.8) is 0 Å². The zero-order valence-electron chi connectivity index (χ0n) is 11.4. The van der Waals surface area contributed by atoms with Crippen molar-refractivity contribution < 1.29 is 18.7 Å². The molecule has 4 nitrogen and oxygen atoms in total. The third kappa shape index (κ3) is 2.88. The number of thioether (sulfide) groups is 1. The average Bonchev–Trinajstić information content (AvgIpc) is 3.01. The molecule has 1 aromatic carbocycles. The number of carboxylic acid groups (broad SMARTS) is 1. The van der Waals surface area contributed by atoms with Gasteiger partial charge in [0, 0.05) is 18.7 Å². The van der Waals surface area contributed by atoms with Crippen LogP contribution in [0, 0.1) is 17.0 Å². The van der Waals surface area contributed by atoms with Gasteiger partial charge in [0.1, 0.15) is 11.3 Å². The lowest BCUT2D eigenvalue weighted by Crippen LogP contribution is -2.10. The lowest BCUT2D eigenvalue weighted by Gasteiger charge is -2.13. The molecule has 0 spiro atoms. The van der Waals surface area contributed by atoms with Crippen molar-refractivity contribution in [2.75, 3.05) is 5.75 Å². The average molecular weight is 312 g/mol. The van der Waals surface area contributed by atoms with Crippen molar-refractivity contribution in [2.24, 2.45) is 5.41 Å². The number of imidazole rings is 1. The number of hydrogen-bond donors (Lipinski definition) is 1. The van der Waals surface area contributed by atoms with Crippen molar-refractivity contribution in [2.45, 2.75) is 31.5 Å². The fourth-order valence-corrected chi connectivity index (χ4v) is 3.00. The molecule has 112 valence electrons. The molecule has 0 aliphatic heterocycles. The highest BCUT2D eigenvalue weighted by Gasteiger charge is 2.38. The molecule has 0 bridgehead atoms. The van der Waals surface area contributed by atoms with E-state index in [1.807, 2.05) is 0 Å². The van der Waals surface area contributed by atoms with Crippen LogP contribution in [0.2, 0.25) is 0 Å². The molecule has 0 atom stereocenters. The Bertz CT molecular complexity index is 725. The maximum atomic E-state index is 13.8. The Hall–Kier alpha value is -1.63. The standard InChI is InChI=1S/C14H14F2N2O2S/c1-14(2-3-14)7-18-10-5-8(15)4-9(16)12(10)17-13(18)21-6-11(19)20/h4-5H,2-3,6-7H2,1H3,(H,19,20). The van der Waals surface area contributed by atoms with Crippen LogP contribution in [0.4, 0.5) is 8.78 Å². The van der Waals surface area contributed by atoms with Gasteiger partial charge in [-0.3, -0.25) is 4.79 Å². The first-order valence-electron chi connectivity index (χ1n) is 6.58. The fraction of sp³-hybridized carbons (Fsp3) is 0.429. The number of carbonyl (C=O) groups is 1. The molecule has 1 aromatic heterocycles. The Labute approximate surface area is 124 Å². The Morgan fingerprint density at radius 2 is 2.19 bits per heavy atom. The minimum Gasteiger partial charge on any atom is -0.481 e. The van der Waals surface area contributed by atoms with E-state index in [1.54, 1.807) is 4.57 Å². The highest BCUT2D eigenvalue weighted by molar-refractivity contribution is 7.99. The molecule has 0 unspecified atom stereocenters. The van der Waals surface area contributed by atoms with Gasteiger partial charge in [-0.1, -0.05) is 18.7 Å². The Kier molecular flexibility index (Phi) is 3.39. The molecule has 1 aliphatic carbocycles. The fourth-order valence-electron chi connectivity index (χ4n) is 2.27. The molecular formula is C14H14F2N2O2S. The summed E-state index contributed by atoms with van der Waals surface area (Å²) < 4.78 is 29.1. The minimum atomic E-state index is -0.970. The summed E-state index contributed by atoms with van der Waals surface area (Å²) >= 11 is 1.03. The van der Waals surface area contributed by atoms with Crippen LogP contribution >= 0.6 is 11.8 Å². The number of hydrogen-bond acceptors (Lipinski definition) is 3. The molecule has 1 saturated carbocycles. The molecule has 1 aliphatic rings. The zero-order valence-corrected chi connectivity index (χ0v) is 12.2. The van der Waals surface area contributed by atoms with Gasteiger partial charge in [-0.25, -0.2) is 13.8 Å². The van der Waals surface area contributed by atoms with Crippen LogP contribution in [-0.2, 0) is 11.3 Å². The minimum absolute atomic E-state index is 0.0912. The first kappa shape index (κ1) is 14.3. The second kappa shape index (κ2) is 4.98. The van der Waals surface area contributed by atoms with E-state index in [4.69, 9.17) is 5.11 Å². The quantitative estimate of drug-likeness (QED) is 0.861. The molecule has 21 heavy (non-hydrogen) atoms. The van der Waals surface area contributed by atoms with E-state index >= 15 is 0 Å². The molecule has 1 fully saturated rings. The Balaban J connectivity index is 2.08. The summed E-state index contributed by atoms with van der Waals surface area (Å²) in [5, 5.41) is 9.21. The van der Waals surface area contributed by atoms with Crippen molar-refractivity contribution in [1.82, 2.24) is 9.55 Å². The van der Waals surface area contributed by atoms with Gasteiger partial charge >= 0.3 is 5.97 Å². The molecule has 3 rings (SSSR count). The summed E-state index contributed by atoms with van der Waals surface area (Å²) in [6, 6.07) is 2.05. The summed E-state index contributed by atoms with van der Waals surface area (Å²) in [5.41, 5.74) is 0.580. The number of halogens is 2. The monoisotopic (exact) mass is 312 g/mol. The highest BCUT2D eigenvalue weighted by atomic mass is 32.2. The summed E-state index contributed by atoms with van der Waals surface area (Å²) in [6.07, 6.45) is 2.10. The van der Waals surface area contributed by atoms with Crippen molar-refractivity contribution >= 4 is 28.8 Å². The first-order valence-corrected chi connectivity index (χ1v) is 7.56. The number of rotatable bonds is 5. The Morgan fingerprint density at radius 3 is 2.81 bits per heavy atom. The van der Waals surface area contributed by atoms with Crippen molar-refractivity contribution in [3.8, 4) is 0 Å². The number of aliphatic carboxylic acids is 1. The van der Waals surface area contributed by atoms with E-state index in [1.165, 1.54) is 6.07 Å². The molecule has 1 N–H and O–H groups in total. The van der Waals surface area contributed by atoms with E-state index in [0.29, 0.717) is 17.2 Å². The van der Waals surface area contributed by atoms with Gasteiger partial charge in [-0.05, 0) is 18.3 Å². The number of aromatic nitrogens is 2. The van der Waals surface area contributed by atoms with E-state index in [-0.39, 0.29) is 16.7 Å². The van der Waals surface area contributed by atoms with Crippen LogP contribution in [0.25, 0.3) is 11.0 Å². The number of carboxylic acids is 1. The predicted molar refractivity (Wildman–Crippen MR) is 75.3 cm³/mol. The second-order valence-electron chi connectivity index (χ2n) is 5.73. The first-order chi connectivity index (χ1) is 9.88. The van der Waals surface area contributed by atoms with Crippen molar-refractivity contribution in [3.05, 3.63) is 23.8 Å². The predicted octanol–water partition coefficient (Wildman–Crippen LogP) is 3.29. The van der Waals surface area contributed by atoms with E-state index in [0.717, 1.165) is 30.7 Å². The van der Waals surface area contributed by atoms with Gasteiger partial charge in [-0.2, -0.15) is 0 Å². The molecule has 0 radical (unpaired) electrons. The summed E-state index contributed by atoms with van der Waals surface area (Å²) in [5.74, 6) is -2.51. The van der Waals surface area contributed by atoms with Crippen LogP contribution in [0.1, 0.15) is 19.8 Å². The number of benzene rings is 1. The normalized spacial score (nSPS) is 16.3. The van der Waals surface area contributed by atoms with Crippen LogP contribution in [0.15, 0.2) is 17.3 Å². The second-order valence-corrected chi connectivity index (χ2v) is 6.67. The molecule has 0 saturated heterocycles. The largest absolute Gasteiger partial charge is 0.481 e. The van der Waals surface area contributed by atoms with Crippen molar-refractivity contribution in [1.29, 1.82) is 0 Å². The zero-order chi connectivity index (χ0) is 15.2. The van der Waals surface area contributed by atoms with E-state index in [2.05, 4.69) is 11.9 Å². The smallest absolute Gasteiger partial charge is 0.313 e. The number of nitrogens with zero attached hydrogens (tertiary/aromatic N) is 2. The van der Waals surface area contributed by atoms with Gasteiger partial charge in [-0.15, -0.1) is 0 Å². The molecule has 7 heteroatoms. The third-order valence-corrected chi connectivity index (χ3v) is 4.67. The lowest BCUT2D eigenvalue weighted by atomic mass is 10.1. The molecule has 1 heterocycles. The third-order valence-electron chi connectivity index (χ3n) is 3.71. The maximum absolute atomic E-state index is 13.8. The van der Waals surface area contributed by atoms with Gasteiger partial charge in [0.25, 0.3) is 0 Å². The van der Waals surface area contributed by atoms with Gasteiger partial charge in [0.05, 0.1) is 11.3 Å². The van der Waals surface area contributed by atoms with Crippen LogP contribution < -0.4 is 0 Å².